The summed E-state index contributed by atoms with van der Waals surface area (Å²) in [5, 5.41) is 8.94. The molecular weight excluding hydrogens is 269 g/mol. The van der Waals surface area contributed by atoms with Crippen LogP contribution in [0.2, 0.25) is 0 Å². The van der Waals surface area contributed by atoms with Crippen molar-refractivity contribution in [2.24, 2.45) is 0 Å². The molecule has 1 heterocycles. The van der Waals surface area contributed by atoms with Gasteiger partial charge in [0, 0.05) is 11.6 Å². The van der Waals surface area contributed by atoms with Crippen LogP contribution in [0.25, 0.3) is 10.9 Å². The minimum atomic E-state index is -5.53. The number of halogens is 3. The summed E-state index contributed by atoms with van der Waals surface area (Å²) < 4.78 is 60.1. The van der Waals surface area contributed by atoms with Crippen LogP contribution in [-0.2, 0) is 10.0 Å². The smallest absolute Gasteiger partial charge is 0.236 e. The average molecular weight is 274 g/mol. The van der Waals surface area contributed by atoms with Crippen LogP contribution in [0.5, 0.6) is 0 Å². The van der Waals surface area contributed by atoms with Crippen LogP contribution in [0.3, 0.4) is 0 Å². The summed E-state index contributed by atoms with van der Waals surface area (Å²) in [6.45, 7) is 0. The number of fused-ring (bicyclic) bond motifs is 1. The highest BCUT2D eigenvalue weighted by Crippen LogP contribution is 2.30. The minimum Gasteiger partial charge on any atom is -0.236 e. The van der Waals surface area contributed by atoms with Crippen LogP contribution in [0.1, 0.15) is 5.56 Å². The Labute approximate surface area is 99.9 Å². The Balaban J connectivity index is 2.87. The van der Waals surface area contributed by atoms with Crippen LogP contribution >= 0.6 is 0 Å². The zero-order valence-corrected chi connectivity index (χ0v) is 9.46. The topological polar surface area (TPSA) is 62.9 Å². The molecule has 0 aliphatic heterocycles. The molecule has 2 aromatic rings. The summed E-state index contributed by atoms with van der Waals surface area (Å²) in [6.07, 6.45) is 0.674. The normalized spacial score (nSPS) is 12.6. The van der Waals surface area contributed by atoms with Crippen LogP contribution in [0, 0.1) is 11.3 Å². The third kappa shape index (κ3) is 1.64. The van der Waals surface area contributed by atoms with Gasteiger partial charge in [0.2, 0.25) is 0 Å². The zero-order valence-electron chi connectivity index (χ0n) is 8.64. The van der Waals surface area contributed by atoms with Crippen molar-refractivity contribution in [3.05, 3.63) is 36.0 Å². The van der Waals surface area contributed by atoms with Gasteiger partial charge in [0.05, 0.1) is 11.1 Å². The van der Waals surface area contributed by atoms with Crippen LogP contribution in [0.15, 0.2) is 30.5 Å². The Kier molecular flexibility index (Phi) is 2.59. The number of hydrogen-bond donors (Lipinski definition) is 0. The van der Waals surface area contributed by atoms with Gasteiger partial charge in [-0.1, -0.05) is 18.2 Å². The molecule has 0 saturated carbocycles. The van der Waals surface area contributed by atoms with E-state index in [2.05, 4.69) is 0 Å². The number of rotatable bonds is 1. The highest BCUT2D eigenvalue weighted by Gasteiger charge is 2.48. The molecule has 0 unspecified atom stereocenters. The molecule has 0 fully saturated rings. The molecule has 94 valence electrons. The maximum Gasteiger partial charge on any atom is 0.517 e. The largest absolute Gasteiger partial charge is 0.517 e. The molecule has 0 atom stereocenters. The number of alkyl halides is 3. The van der Waals surface area contributed by atoms with Crippen molar-refractivity contribution < 1.29 is 21.6 Å². The number of nitrogens with zero attached hydrogens (tertiary/aromatic N) is 2. The maximum absolute atomic E-state index is 12.5. The lowest BCUT2D eigenvalue weighted by Crippen LogP contribution is -2.29. The zero-order chi connectivity index (χ0) is 13.6. The Hall–Kier alpha value is -2.01. The number of hydrogen-bond acceptors (Lipinski definition) is 3. The third-order valence-corrected chi connectivity index (χ3v) is 3.75. The Morgan fingerprint density at radius 3 is 2.39 bits per heavy atom. The van der Waals surface area contributed by atoms with Crippen molar-refractivity contribution in [1.29, 1.82) is 5.26 Å². The van der Waals surface area contributed by atoms with E-state index >= 15 is 0 Å². The molecule has 8 heteroatoms. The third-order valence-electron chi connectivity index (χ3n) is 2.35. The first-order chi connectivity index (χ1) is 8.29. The molecule has 0 bridgehead atoms. The van der Waals surface area contributed by atoms with Crippen molar-refractivity contribution in [2.45, 2.75) is 5.51 Å². The van der Waals surface area contributed by atoms with Gasteiger partial charge >= 0.3 is 15.5 Å². The highest BCUT2D eigenvalue weighted by atomic mass is 32.2. The molecular formula is C10H5F3N2O2S. The van der Waals surface area contributed by atoms with Gasteiger partial charge in [-0.25, -0.2) is 3.97 Å². The first-order valence-electron chi connectivity index (χ1n) is 4.61. The predicted molar refractivity (Wildman–Crippen MR) is 57.0 cm³/mol. The second-order valence-corrected chi connectivity index (χ2v) is 5.22. The lowest BCUT2D eigenvalue weighted by atomic mass is 10.2. The van der Waals surface area contributed by atoms with Crippen LogP contribution in [0.4, 0.5) is 13.2 Å². The van der Waals surface area contributed by atoms with Crippen molar-refractivity contribution in [1.82, 2.24) is 3.97 Å². The molecule has 0 saturated heterocycles. The van der Waals surface area contributed by atoms with Gasteiger partial charge < -0.3 is 0 Å². The molecule has 2 rings (SSSR count). The number of aromatic nitrogens is 1. The minimum absolute atomic E-state index is 0.0842. The van der Waals surface area contributed by atoms with E-state index in [1.807, 2.05) is 0 Å². The second kappa shape index (κ2) is 3.74. The summed E-state index contributed by atoms with van der Waals surface area (Å²) in [4.78, 5) is 0. The Morgan fingerprint density at radius 1 is 1.22 bits per heavy atom. The maximum atomic E-state index is 12.5. The van der Waals surface area contributed by atoms with E-state index in [0.29, 0.717) is 6.20 Å². The second-order valence-electron chi connectivity index (χ2n) is 3.42. The van der Waals surface area contributed by atoms with Crippen molar-refractivity contribution in [2.75, 3.05) is 0 Å². The monoisotopic (exact) mass is 274 g/mol. The van der Waals surface area contributed by atoms with Gasteiger partial charge in [0.15, 0.2) is 0 Å². The van der Waals surface area contributed by atoms with E-state index < -0.39 is 15.5 Å². The van der Waals surface area contributed by atoms with Gasteiger partial charge in [-0.2, -0.15) is 26.9 Å². The number of benzene rings is 1. The van der Waals surface area contributed by atoms with E-state index in [0.717, 1.165) is 0 Å². The average Bonchev–Trinajstić information content (AvgIpc) is 2.66. The summed E-state index contributed by atoms with van der Waals surface area (Å²) >= 11 is 0. The van der Waals surface area contributed by atoms with Crippen LogP contribution < -0.4 is 0 Å². The molecule has 4 nitrogen and oxygen atoms in total. The van der Waals surface area contributed by atoms with E-state index in [1.54, 1.807) is 6.07 Å². The quantitative estimate of drug-likeness (QED) is 0.801. The molecule has 0 N–H and O–H groups in total. The SMILES string of the molecule is N#Cc1cn(S(=O)(=O)C(F)(F)F)c2ccccc12. The van der Waals surface area contributed by atoms with Gasteiger partial charge in [-0.05, 0) is 6.07 Å². The number of para-hydroxylation sites is 1. The summed E-state index contributed by atoms with van der Waals surface area (Å²) in [5.74, 6) is 0. The van der Waals surface area contributed by atoms with Crippen molar-refractivity contribution >= 4 is 20.9 Å². The Morgan fingerprint density at radius 2 is 1.83 bits per heavy atom. The highest BCUT2D eigenvalue weighted by molar-refractivity contribution is 7.90. The molecule has 0 aliphatic rings. The summed E-state index contributed by atoms with van der Waals surface area (Å²) in [5.41, 5.74) is -5.72. The molecule has 0 radical (unpaired) electrons. The fourth-order valence-electron chi connectivity index (χ4n) is 1.55. The molecule has 18 heavy (non-hydrogen) atoms. The fraction of sp³-hybridized carbons (Fsp3) is 0.100. The van der Waals surface area contributed by atoms with Crippen molar-refractivity contribution in [3.8, 4) is 6.07 Å². The lowest BCUT2D eigenvalue weighted by Gasteiger charge is -2.09. The first-order valence-corrected chi connectivity index (χ1v) is 6.05. The van der Waals surface area contributed by atoms with Gasteiger partial charge in [0.1, 0.15) is 6.07 Å². The van der Waals surface area contributed by atoms with Crippen LogP contribution in [-0.4, -0.2) is 17.9 Å². The predicted octanol–water partition coefficient (Wildman–Crippen LogP) is 2.21. The lowest BCUT2D eigenvalue weighted by molar-refractivity contribution is -0.0445. The van der Waals surface area contributed by atoms with E-state index in [4.69, 9.17) is 5.26 Å². The molecule has 1 aromatic carbocycles. The van der Waals surface area contributed by atoms with Gasteiger partial charge in [-0.15, -0.1) is 0 Å². The molecule has 0 amide bonds. The Bertz CT molecular complexity index is 754. The molecule has 1 aromatic heterocycles. The summed E-state index contributed by atoms with van der Waals surface area (Å²) in [6, 6.07) is 7.16. The standard InChI is InChI=1S/C10H5F3N2O2S/c11-10(12,13)18(16,17)15-6-7(5-14)8-3-1-2-4-9(8)15/h1-4,6H. The number of nitriles is 1. The first kappa shape index (κ1) is 12.4. The van der Waals surface area contributed by atoms with Crippen molar-refractivity contribution in [3.63, 3.8) is 0 Å². The van der Waals surface area contributed by atoms with E-state index in [1.165, 1.54) is 24.3 Å². The summed E-state index contributed by atoms with van der Waals surface area (Å²) in [7, 11) is -5.53. The molecule has 0 aliphatic carbocycles. The van der Waals surface area contributed by atoms with E-state index in [9.17, 15) is 21.6 Å². The van der Waals surface area contributed by atoms with Gasteiger partial charge in [-0.3, -0.25) is 0 Å². The fourth-order valence-corrected chi connectivity index (χ4v) is 2.43. The van der Waals surface area contributed by atoms with E-state index in [-0.39, 0.29) is 20.4 Å². The molecule has 0 spiro atoms. The van der Waals surface area contributed by atoms with Gasteiger partial charge in [0.25, 0.3) is 0 Å².